The Morgan fingerprint density at radius 2 is 1.67 bits per heavy atom. The van der Waals surface area contributed by atoms with E-state index in [2.05, 4.69) is 4.90 Å². The van der Waals surface area contributed by atoms with Gasteiger partial charge in [0.2, 0.25) is 10.0 Å². The molecule has 11 heteroatoms. The minimum absolute atomic E-state index is 0.185. The van der Waals surface area contributed by atoms with Crippen LogP contribution in [-0.4, -0.2) is 88.6 Å². The first kappa shape index (κ1) is 26.2. The molecule has 0 atom stereocenters. The van der Waals surface area contributed by atoms with Gasteiger partial charge in [0.1, 0.15) is 0 Å². The SMILES string of the molecule is O=C(/C=C/c1ccc(S(=O)(=O)N2CCOCC2)cc1)OCC(=O)N1CCN(c2cccc(Cl)c2)CC1. The first-order valence-electron chi connectivity index (χ1n) is 11.6. The first-order valence-corrected chi connectivity index (χ1v) is 13.5. The Bertz CT molecular complexity index is 1200. The van der Waals surface area contributed by atoms with Gasteiger partial charge in [0.05, 0.1) is 18.1 Å². The number of halogens is 1. The largest absolute Gasteiger partial charge is 0.452 e. The molecular weight excluding hydrogens is 506 g/mol. The van der Waals surface area contributed by atoms with E-state index in [0.717, 1.165) is 5.69 Å². The zero-order chi connectivity index (χ0) is 25.5. The lowest BCUT2D eigenvalue weighted by Crippen LogP contribution is -2.49. The number of carbonyl (C=O) groups is 2. The molecule has 2 aliphatic rings. The zero-order valence-corrected chi connectivity index (χ0v) is 21.3. The number of anilines is 1. The first-order chi connectivity index (χ1) is 17.3. The molecule has 2 fully saturated rings. The number of rotatable bonds is 7. The van der Waals surface area contributed by atoms with E-state index in [1.807, 2.05) is 24.3 Å². The number of nitrogens with zero attached hydrogens (tertiary/aromatic N) is 3. The summed E-state index contributed by atoms with van der Waals surface area (Å²) < 4.78 is 37.1. The van der Waals surface area contributed by atoms with Crippen molar-refractivity contribution in [2.24, 2.45) is 0 Å². The van der Waals surface area contributed by atoms with E-state index in [4.69, 9.17) is 21.1 Å². The molecule has 0 saturated carbocycles. The molecule has 0 N–H and O–H groups in total. The highest BCUT2D eigenvalue weighted by atomic mass is 35.5. The van der Waals surface area contributed by atoms with Crippen molar-refractivity contribution in [2.75, 3.05) is 64.0 Å². The van der Waals surface area contributed by atoms with Crippen molar-refractivity contribution in [2.45, 2.75) is 4.90 Å². The second kappa shape index (κ2) is 11.9. The Kier molecular flexibility index (Phi) is 8.63. The number of ether oxygens (including phenoxy) is 2. The number of piperazine rings is 1. The predicted molar refractivity (Wildman–Crippen MR) is 136 cm³/mol. The molecule has 2 aromatic carbocycles. The number of sulfonamides is 1. The Balaban J connectivity index is 1.22. The van der Waals surface area contributed by atoms with Gasteiger partial charge < -0.3 is 19.3 Å². The number of amides is 1. The van der Waals surface area contributed by atoms with E-state index < -0.39 is 16.0 Å². The molecule has 0 aliphatic carbocycles. The van der Waals surface area contributed by atoms with Gasteiger partial charge in [-0.25, -0.2) is 13.2 Å². The van der Waals surface area contributed by atoms with E-state index in [9.17, 15) is 18.0 Å². The molecule has 2 saturated heterocycles. The van der Waals surface area contributed by atoms with Crippen LogP contribution >= 0.6 is 11.6 Å². The fraction of sp³-hybridized carbons (Fsp3) is 0.360. The average molecular weight is 534 g/mol. The minimum Gasteiger partial charge on any atom is -0.452 e. The van der Waals surface area contributed by atoms with E-state index >= 15 is 0 Å². The third-order valence-electron chi connectivity index (χ3n) is 6.04. The second-order valence-electron chi connectivity index (χ2n) is 8.37. The highest BCUT2D eigenvalue weighted by molar-refractivity contribution is 7.89. The normalized spacial score (nSPS) is 17.4. The monoisotopic (exact) mass is 533 g/mol. The lowest BCUT2D eigenvalue weighted by atomic mass is 10.2. The number of esters is 1. The summed E-state index contributed by atoms with van der Waals surface area (Å²) in [5.74, 6) is -0.897. The van der Waals surface area contributed by atoms with Crippen molar-refractivity contribution in [3.05, 3.63) is 65.2 Å². The Hall–Kier alpha value is -2.92. The van der Waals surface area contributed by atoms with Gasteiger partial charge >= 0.3 is 5.97 Å². The van der Waals surface area contributed by atoms with Gasteiger partial charge in [0.15, 0.2) is 6.61 Å². The minimum atomic E-state index is -3.57. The van der Waals surface area contributed by atoms with Gasteiger partial charge in [-0.2, -0.15) is 4.31 Å². The molecule has 0 spiro atoms. The summed E-state index contributed by atoms with van der Waals surface area (Å²) in [4.78, 5) is 28.6. The van der Waals surface area contributed by atoms with Crippen LogP contribution in [-0.2, 0) is 29.1 Å². The highest BCUT2D eigenvalue weighted by Gasteiger charge is 2.26. The Morgan fingerprint density at radius 1 is 0.972 bits per heavy atom. The summed E-state index contributed by atoms with van der Waals surface area (Å²) in [6.07, 6.45) is 2.73. The average Bonchev–Trinajstić information content (AvgIpc) is 2.91. The summed E-state index contributed by atoms with van der Waals surface area (Å²) in [5.41, 5.74) is 1.65. The van der Waals surface area contributed by atoms with Crippen LogP contribution in [0.25, 0.3) is 6.08 Å². The van der Waals surface area contributed by atoms with Gasteiger partial charge in [-0.1, -0.05) is 29.8 Å². The van der Waals surface area contributed by atoms with Crippen molar-refractivity contribution >= 4 is 45.3 Å². The topological polar surface area (TPSA) is 96.5 Å². The van der Waals surface area contributed by atoms with Gasteiger partial charge in [-0.3, -0.25) is 4.79 Å². The van der Waals surface area contributed by atoms with Crippen LogP contribution in [0.15, 0.2) is 59.5 Å². The third kappa shape index (κ3) is 6.64. The number of morpholine rings is 1. The number of hydrogen-bond donors (Lipinski definition) is 0. The van der Waals surface area contributed by atoms with E-state index in [1.54, 1.807) is 17.0 Å². The summed E-state index contributed by atoms with van der Waals surface area (Å²) in [6.45, 7) is 3.45. The van der Waals surface area contributed by atoms with Crippen molar-refractivity contribution < 1.29 is 27.5 Å². The van der Waals surface area contributed by atoms with Crippen LogP contribution in [0.1, 0.15) is 5.56 Å². The number of carbonyl (C=O) groups excluding carboxylic acids is 2. The molecule has 9 nitrogen and oxygen atoms in total. The van der Waals surface area contributed by atoms with Crippen LogP contribution in [0.5, 0.6) is 0 Å². The van der Waals surface area contributed by atoms with Gasteiger partial charge in [0.25, 0.3) is 5.91 Å². The fourth-order valence-corrected chi connectivity index (χ4v) is 5.60. The molecule has 2 heterocycles. The van der Waals surface area contributed by atoms with E-state index in [0.29, 0.717) is 63.1 Å². The van der Waals surface area contributed by atoms with E-state index in [1.165, 1.54) is 28.6 Å². The zero-order valence-electron chi connectivity index (χ0n) is 19.7. The smallest absolute Gasteiger partial charge is 0.331 e. The summed E-state index contributed by atoms with van der Waals surface area (Å²) in [6, 6.07) is 13.8. The molecule has 0 radical (unpaired) electrons. The lowest BCUT2D eigenvalue weighted by molar-refractivity contribution is -0.148. The molecular formula is C25H28ClN3O6S. The predicted octanol–water partition coefficient (Wildman–Crippen LogP) is 2.27. The van der Waals surface area contributed by atoms with Gasteiger partial charge in [-0.05, 0) is 42.0 Å². The molecule has 192 valence electrons. The summed E-state index contributed by atoms with van der Waals surface area (Å²) >= 11 is 6.06. The Labute approximate surface area is 215 Å². The molecule has 0 bridgehead atoms. The van der Waals surface area contributed by atoms with Crippen molar-refractivity contribution in [3.63, 3.8) is 0 Å². The maximum Gasteiger partial charge on any atom is 0.331 e. The Morgan fingerprint density at radius 3 is 2.33 bits per heavy atom. The molecule has 4 rings (SSSR count). The van der Waals surface area contributed by atoms with Gasteiger partial charge in [-0.15, -0.1) is 0 Å². The molecule has 1 amide bonds. The van der Waals surface area contributed by atoms with E-state index in [-0.39, 0.29) is 17.4 Å². The summed E-state index contributed by atoms with van der Waals surface area (Å²) in [7, 11) is -3.57. The van der Waals surface area contributed by atoms with Crippen molar-refractivity contribution in [1.29, 1.82) is 0 Å². The van der Waals surface area contributed by atoms with Crippen LogP contribution in [0, 0.1) is 0 Å². The molecule has 36 heavy (non-hydrogen) atoms. The lowest BCUT2D eigenvalue weighted by Gasteiger charge is -2.36. The maximum absolute atomic E-state index is 12.7. The number of benzene rings is 2. The van der Waals surface area contributed by atoms with Crippen molar-refractivity contribution in [3.8, 4) is 0 Å². The second-order valence-corrected chi connectivity index (χ2v) is 10.7. The number of hydrogen-bond acceptors (Lipinski definition) is 7. The summed E-state index contributed by atoms with van der Waals surface area (Å²) in [5, 5.41) is 0.667. The fourth-order valence-electron chi connectivity index (χ4n) is 4.01. The van der Waals surface area contributed by atoms with Crippen LogP contribution in [0.3, 0.4) is 0 Å². The molecule has 2 aliphatic heterocycles. The van der Waals surface area contributed by atoms with Gasteiger partial charge in [0, 0.05) is 56.1 Å². The maximum atomic E-state index is 12.7. The molecule has 0 unspecified atom stereocenters. The standard InChI is InChI=1S/C25H28ClN3O6S/c26-21-2-1-3-22(18-21)27-10-12-28(13-11-27)24(30)19-35-25(31)9-6-20-4-7-23(8-5-20)36(32,33)29-14-16-34-17-15-29/h1-9,18H,10-17,19H2/b9-6+. The van der Waals surface area contributed by atoms with Crippen LogP contribution in [0.4, 0.5) is 5.69 Å². The third-order valence-corrected chi connectivity index (χ3v) is 8.19. The quantitative estimate of drug-likeness (QED) is 0.398. The molecule has 2 aromatic rings. The van der Waals surface area contributed by atoms with Crippen molar-refractivity contribution in [1.82, 2.24) is 9.21 Å². The van der Waals surface area contributed by atoms with Crippen LogP contribution < -0.4 is 4.90 Å². The van der Waals surface area contributed by atoms with Crippen LogP contribution in [0.2, 0.25) is 5.02 Å². The molecule has 0 aromatic heterocycles. The highest BCUT2D eigenvalue weighted by Crippen LogP contribution is 2.21.